The molecule has 0 aliphatic rings. The predicted molar refractivity (Wildman–Crippen MR) is 155 cm³/mol. The molecule has 3 rings (SSSR count). The predicted octanol–water partition coefficient (Wildman–Crippen LogP) is 4.83. The van der Waals surface area contributed by atoms with Crippen LogP contribution in [0, 0.1) is 6.92 Å². The zero-order chi connectivity index (χ0) is 28.4. The average molecular weight is 570 g/mol. The van der Waals surface area contributed by atoms with Gasteiger partial charge in [-0.2, -0.15) is 4.31 Å². The van der Waals surface area contributed by atoms with Crippen molar-refractivity contribution >= 4 is 33.4 Å². The molecular formula is C30H36ClN3O4S. The highest BCUT2D eigenvalue weighted by Gasteiger charge is 2.33. The summed E-state index contributed by atoms with van der Waals surface area (Å²) in [5.74, 6) is -0.795. The Bertz CT molecular complexity index is 1350. The quantitative estimate of drug-likeness (QED) is 0.299. The van der Waals surface area contributed by atoms with Crippen LogP contribution in [0.25, 0.3) is 0 Å². The van der Waals surface area contributed by atoms with E-state index in [1.54, 1.807) is 30.3 Å². The topological polar surface area (TPSA) is 86.8 Å². The first-order valence-corrected chi connectivity index (χ1v) is 14.8. The molecule has 3 aromatic rings. The van der Waals surface area contributed by atoms with Crippen LogP contribution in [0.2, 0.25) is 5.02 Å². The van der Waals surface area contributed by atoms with E-state index in [0.29, 0.717) is 17.1 Å². The monoisotopic (exact) mass is 569 g/mol. The maximum atomic E-state index is 13.9. The number of hydrogen-bond donors (Lipinski definition) is 1. The minimum absolute atomic E-state index is 0.0512. The lowest BCUT2D eigenvalue weighted by molar-refractivity contribution is -0.141. The number of unbranched alkanes of at least 4 members (excludes halogenated alkanes) is 1. The Kier molecular flexibility index (Phi) is 11.1. The fraction of sp³-hybridized carbons (Fsp3) is 0.333. The van der Waals surface area contributed by atoms with E-state index < -0.39 is 28.5 Å². The lowest BCUT2D eigenvalue weighted by Gasteiger charge is -2.33. The van der Waals surface area contributed by atoms with Gasteiger partial charge in [0.2, 0.25) is 21.8 Å². The summed E-state index contributed by atoms with van der Waals surface area (Å²) >= 11 is 6.45. The fourth-order valence-corrected chi connectivity index (χ4v) is 5.44. The molecule has 2 amide bonds. The maximum absolute atomic E-state index is 13.9. The van der Waals surface area contributed by atoms with E-state index in [4.69, 9.17) is 11.6 Å². The van der Waals surface area contributed by atoms with Crippen molar-refractivity contribution in [2.24, 2.45) is 0 Å². The number of sulfonamides is 1. The molecule has 0 fully saturated rings. The lowest BCUT2D eigenvalue weighted by Crippen LogP contribution is -2.53. The van der Waals surface area contributed by atoms with E-state index in [-0.39, 0.29) is 23.8 Å². The molecule has 1 unspecified atom stereocenters. The molecule has 208 valence electrons. The highest BCUT2D eigenvalue weighted by atomic mass is 35.5. The Balaban J connectivity index is 1.96. The summed E-state index contributed by atoms with van der Waals surface area (Å²) in [6.45, 7) is 4.00. The zero-order valence-corrected chi connectivity index (χ0v) is 24.2. The Morgan fingerprint density at radius 1 is 0.949 bits per heavy atom. The molecule has 0 radical (unpaired) electrons. The molecule has 0 aliphatic heterocycles. The molecule has 7 nitrogen and oxygen atoms in total. The summed E-state index contributed by atoms with van der Waals surface area (Å²) < 4.78 is 27.5. The highest BCUT2D eigenvalue weighted by molar-refractivity contribution is 7.89. The van der Waals surface area contributed by atoms with Crippen molar-refractivity contribution in [3.63, 3.8) is 0 Å². The fourth-order valence-electron chi connectivity index (χ4n) is 4.13. The van der Waals surface area contributed by atoms with E-state index in [1.165, 1.54) is 24.1 Å². The van der Waals surface area contributed by atoms with Crippen LogP contribution in [-0.2, 0) is 32.6 Å². The molecule has 9 heteroatoms. The number of rotatable bonds is 13. The van der Waals surface area contributed by atoms with Crippen molar-refractivity contribution in [2.75, 3.05) is 20.1 Å². The number of nitrogens with zero attached hydrogens (tertiary/aromatic N) is 2. The molecule has 1 atom stereocenters. The molecule has 0 spiro atoms. The normalized spacial score (nSPS) is 12.2. The number of likely N-dealkylation sites (N-methyl/N-ethyl adjacent to an activating group) is 1. The van der Waals surface area contributed by atoms with E-state index in [1.807, 2.05) is 50.2 Å². The molecule has 0 saturated heterocycles. The second-order valence-corrected chi connectivity index (χ2v) is 12.0. The lowest BCUT2D eigenvalue weighted by atomic mass is 10.0. The third-order valence-corrected chi connectivity index (χ3v) is 8.67. The average Bonchev–Trinajstić information content (AvgIpc) is 2.92. The summed E-state index contributed by atoms with van der Waals surface area (Å²) in [6.07, 6.45) is 1.98. The standard InChI is InChI=1S/C30H36ClN3O4S/c1-4-5-19-32-30(36)28(20-24-11-7-6-8-12-24)34(21-25-13-9-10-14-27(25)31)29(35)22-33(3)39(37,38)26-17-15-23(2)16-18-26/h6-18,28H,4-5,19-22H2,1-3H3,(H,32,36). The third kappa shape index (κ3) is 8.39. The molecule has 0 bridgehead atoms. The van der Waals surface area contributed by atoms with Gasteiger partial charge in [-0.15, -0.1) is 0 Å². The van der Waals surface area contributed by atoms with Crippen molar-refractivity contribution in [3.05, 3.63) is 101 Å². The van der Waals surface area contributed by atoms with Crippen LogP contribution in [0.5, 0.6) is 0 Å². The highest BCUT2D eigenvalue weighted by Crippen LogP contribution is 2.22. The van der Waals surface area contributed by atoms with Gasteiger partial charge in [0.05, 0.1) is 11.4 Å². The Labute approximate surface area is 236 Å². The molecule has 0 saturated carbocycles. The van der Waals surface area contributed by atoms with E-state index in [9.17, 15) is 18.0 Å². The van der Waals surface area contributed by atoms with Crippen molar-refractivity contribution in [1.29, 1.82) is 0 Å². The van der Waals surface area contributed by atoms with Crippen LogP contribution in [0.1, 0.15) is 36.5 Å². The molecule has 3 aromatic carbocycles. The summed E-state index contributed by atoms with van der Waals surface area (Å²) in [7, 11) is -2.56. The van der Waals surface area contributed by atoms with Gasteiger partial charge in [-0.3, -0.25) is 9.59 Å². The minimum Gasteiger partial charge on any atom is -0.354 e. The molecule has 1 N–H and O–H groups in total. The molecule has 0 aromatic heterocycles. The number of carbonyl (C=O) groups is 2. The van der Waals surface area contributed by atoms with Crippen LogP contribution in [0.15, 0.2) is 83.8 Å². The van der Waals surface area contributed by atoms with E-state index in [2.05, 4.69) is 5.32 Å². The number of carbonyl (C=O) groups excluding carboxylic acids is 2. The maximum Gasteiger partial charge on any atom is 0.243 e. The first-order valence-electron chi connectivity index (χ1n) is 13.0. The van der Waals surface area contributed by atoms with Gasteiger partial charge in [0.1, 0.15) is 6.04 Å². The van der Waals surface area contributed by atoms with Crippen molar-refractivity contribution < 1.29 is 18.0 Å². The summed E-state index contributed by atoms with van der Waals surface area (Å²) in [5.41, 5.74) is 2.47. The second kappa shape index (κ2) is 14.3. The first kappa shape index (κ1) is 30.3. The number of aryl methyl sites for hydroxylation is 1. The van der Waals surface area contributed by atoms with Crippen LogP contribution in [-0.4, -0.2) is 55.6 Å². The van der Waals surface area contributed by atoms with Gasteiger partial charge in [0.25, 0.3) is 0 Å². The Morgan fingerprint density at radius 3 is 2.23 bits per heavy atom. The molecule has 39 heavy (non-hydrogen) atoms. The first-order chi connectivity index (χ1) is 18.6. The second-order valence-electron chi connectivity index (χ2n) is 9.54. The number of hydrogen-bond acceptors (Lipinski definition) is 4. The van der Waals surface area contributed by atoms with Crippen molar-refractivity contribution in [1.82, 2.24) is 14.5 Å². The van der Waals surface area contributed by atoms with Gasteiger partial charge < -0.3 is 10.2 Å². The van der Waals surface area contributed by atoms with E-state index in [0.717, 1.165) is 28.3 Å². The summed E-state index contributed by atoms with van der Waals surface area (Å²) in [6, 6.07) is 22.2. The number of benzene rings is 3. The van der Waals surface area contributed by atoms with Crippen LogP contribution >= 0.6 is 11.6 Å². The third-order valence-electron chi connectivity index (χ3n) is 6.49. The van der Waals surface area contributed by atoms with Crippen molar-refractivity contribution in [3.8, 4) is 0 Å². The molecule has 0 aliphatic carbocycles. The van der Waals surface area contributed by atoms with Gasteiger partial charge in [-0.25, -0.2) is 8.42 Å². The SMILES string of the molecule is CCCCNC(=O)C(Cc1ccccc1)N(Cc1ccccc1Cl)C(=O)CN(C)S(=O)(=O)c1ccc(C)cc1. The van der Waals surface area contributed by atoms with Gasteiger partial charge in [0, 0.05) is 31.6 Å². The number of nitrogens with one attached hydrogen (secondary N) is 1. The minimum atomic E-state index is -3.93. The van der Waals surface area contributed by atoms with Gasteiger partial charge in [-0.05, 0) is 42.7 Å². The van der Waals surface area contributed by atoms with Gasteiger partial charge >= 0.3 is 0 Å². The van der Waals surface area contributed by atoms with Gasteiger partial charge in [-0.1, -0.05) is 91.2 Å². The Hall–Kier alpha value is -3.20. The summed E-state index contributed by atoms with van der Waals surface area (Å²) in [5, 5.41) is 3.42. The number of halogens is 1. The van der Waals surface area contributed by atoms with Crippen molar-refractivity contribution in [2.45, 2.75) is 50.6 Å². The summed E-state index contributed by atoms with van der Waals surface area (Å²) in [4.78, 5) is 28.9. The van der Waals surface area contributed by atoms with Gasteiger partial charge in [0.15, 0.2) is 0 Å². The smallest absolute Gasteiger partial charge is 0.243 e. The zero-order valence-electron chi connectivity index (χ0n) is 22.6. The van der Waals surface area contributed by atoms with E-state index >= 15 is 0 Å². The molecule has 0 heterocycles. The largest absolute Gasteiger partial charge is 0.354 e. The molecular weight excluding hydrogens is 534 g/mol. The van der Waals surface area contributed by atoms with Crippen LogP contribution in [0.4, 0.5) is 0 Å². The van der Waals surface area contributed by atoms with Crippen LogP contribution in [0.3, 0.4) is 0 Å². The Morgan fingerprint density at radius 2 is 1.59 bits per heavy atom. The number of amides is 2. The van der Waals surface area contributed by atoms with Crippen LogP contribution < -0.4 is 5.32 Å².